The number of allylic oxidation sites excluding steroid dienone is 1. The molecule has 5 rings (SSSR count). The molecule has 196 valence electrons. The molecule has 1 atom stereocenters. The van der Waals surface area contributed by atoms with Crippen molar-refractivity contribution in [1.82, 2.24) is 9.13 Å². The molecule has 0 saturated carbocycles. The average molecular weight is 550 g/mol. The number of ether oxygens (including phenoxy) is 1. The first kappa shape index (κ1) is 26.1. The Morgan fingerprint density at radius 2 is 1.95 bits per heavy atom. The zero-order valence-corrected chi connectivity index (χ0v) is 23.3. The lowest BCUT2D eigenvalue weighted by Crippen LogP contribution is -2.39. The zero-order chi connectivity index (χ0) is 27.0. The number of hydrogen-bond donors (Lipinski definition) is 0. The summed E-state index contributed by atoms with van der Waals surface area (Å²) in [4.78, 5) is 33.3. The van der Waals surface area contributed by atoms with Crippen LogP contribution in [0.15, 0.2) is 68.9 Å². The summed E-state index contributed by atoms with van der Waals surface area (Å²) < 4.78 is 23.1. The molecule has 3 aromatic heterocycles. The molecule has 6 nitrogen and oxygen atoms in total. The van der Waals surface area contributed by atoms with Crippen molar-refractivity contribution in [2.24, 2.45) is 4.99 Å². The highest BCUT2D eigenvalue weighted by atomic mass is 32.1. The first-order valence-electron chi connectivity index (χ1n) is 12.5. The summed E-state index contributed by atoms with van der Waals surface area (Å²) in [5, 5.41) is 1.94. The second-order valence-corrected chi connectivity index (χ2v) is 11.1. The van der Waals surface area contributed by atoms with E-state index in [0.717, 1.165) is 33.9 Å². The maximum absolute atomic E-state index is 13.9. The van der Waals surface area contributed by atoms with Crippen LogP contribution in [0.25, 0.3) is 11.8 Å². The van der Waals surface area contributed by atoms with Crippen LogP contribution >= 0.6 is 22.7 Å². The molecule has 0 spiro atoms. The standard InChI is InChI=1S/C29H28FN3O3S2/c1-5-8-22-25(28(35)36-6-2)26(23-9-7-14-37-23)33-27(34)24(38-29(33)31-22)16-19-15-17(3)32(18(19)4)21-12-10-20(30)11-13-21/h7,9-16,26H,5-6,8H2,1-4H3/b24-16+. The zero-order valence-electron chi connectivity index (χ0n) is 21.7. The minimum absolute atomic E-state index is 0.198. The molecular weight excluding hydrogens is 521 g/mol. The molecule has 0 aliphatic carbocycles. The Bertz CT molecular complexity index is 1710. The Labute approximate surface area is 227 Å². The number of carbonyl (C=O) groups is 1. The van der Waals surface area contributed by atoms with Crippen LogP contribution in [0, 0.1) is 19.7 Å². The number of rotatable bonds is 7. The fourth-order valence-corrected chi connectivity index (χ4v) is 6.73. The Balaban J connectivity index is 1.69. The summed E-state index contributed by atoms with van der Waals surface area (Å²) >= 11 is 2.83. The number of thiazole rings is 1. The molecule has 9 heteroatoms. The molecule has 1 aliphatic heterocycles. The lowest BCUT2D eigenvalue weighted by molar-refractivity contribution is -0.139. The van der Waals surface area contributed by atoms with Crippen LogP contribution in [0.5, 0.6) is 0 Å². The predicted octanol–water partition coefficient (Wildman–Crippen LogP) is 5.19. The lowest BCUT2D eigenvalue weighted by Gasteiger charge is -2.24. The Morgan fingerprint density at radius 3 is 2.61 bits per heavy atom. The van der Waals surface area contributed by atoms with Crippen LogP contribution in [-0.2, 0) is 9.53 Å². The molecule has 38 heavy (non-hydrogen) atoms. The normalized spacial score (nSPS) is 15.5. The van der Waals surface area contributed by atoms with Crippen molar-refractivity contribution in [3.8, 4) is 5.69 Å². The molecule has 0 saturated heterocycles. The lowest BCUT2D eigenvalue weighted by atomic mass is 9.99. The van der Waals surface area contributed by atoms with Gasteiger partial charge in [-0.15, -0.1) is 11.3 Å². The molecule has 0 radical (unpaired) electrons. The number of esters is 1. The number of nitrogens with zero attached hydrogens (tertiary/aromatic N) is 3. The topological polar surface area (TPSA) is 65.6 Å². The van der Waals surface area contributed by atoms with Gasteiger partial charge in [0.2, 0.25) is 0 Å². The van der Waals surface area contributed by atoms with Gasteiger partial charge in [-0.2, -0.15) is 0 Å². The second-order valence-electron chi connectivity index (χ2n) is 9.07. The van der Waals surface area contributed by atoms with Crippen molar-refractivity contribution in [3.05, 3.63) is 106 Å². The highest BCUT2D eigenvalue weighted by molar-refractivity contribution is 7.10. The van der Waals surface area contributed by atoms with E-state index in [-0.39, 0.29) is 18.0 Å². The minimum Gasteiger partial charge on any atom is -0.463 e. The van der Waals surface area contributed by atoms with Crippen molar-refractivity contribution in [2.45, 2.75) is 46.6 Å². The highest BCUT2D eigenvalue weighted by Gasteiger charge is 2.34. The van der Waals surface area contributed by atoms with Gasteiger partial charge < -0.3 is 9.30 Å². The molecule has 4 heterocycles. The van der Waals surface area contributed by atoms with Crippen molar-refractivity contribution in [2.75, 3.05) is 6.61 Å². The van der Waals surface area contributed by atoms with Gasteiger partial charge in [0.15, 0.2) is 4.80 Å². The molecular formula is C29H28FN3O3S2. The van der Waals surface area contributed by atoms with Gasteiger partial charge in [-0.3, -0.25) is 9.36 Å². The average Bonchev–Trinajstić information content (AvgIpc) is 3.59. The van der Waals surface area contributed by atoms with Crippen molar-refractivity contribution in [1.29, 1.82) is 0 Å². The molecule has 0 bridgehead atoms. The van der Waals surface area contributed by atoms with Crippen molar-refractivity contribution < 1.29 is 13.9 Å². The number of carbonyl (C=O) groups excluding carboxylic acids is 1. The summed E-state index contributed by atoms with van der Waals surface area (Å²) in [5.74, 6) is -0.724. The number of thiophene rings is 1. The van der Waals surface area contributed by atoms with Gasteiger partial charge in [-0.1, -0.05) is 30.7 Å². The molecule has 1 unspecified atom stereocenters. The largest absolute Gasteiger partial charge is 0.463 e. The number of aryl methyl sites for hydroxylation is 1. The minimum atomic E-state index is -0.583. The van der Waals surface area contributed by atoms with E-state index < -0.39 is 12.0 Å². The van der Waals surface area contributed by atoms with E-state index in [1.54, 1.807) is 23.6 Å². The highest BCUT2D eigenvalue weighted by Crippen LogP contribution is 2.34. The van der Waals surface area contributed by atoms with E-state index in [0.29, 0.717) is 27.0 Å². The van der Waals surface area contributed by atoms with Crippen LogP contribution in [0.4, 0.5) is 4.39 Å². The number of aromatic nitrogens is 2. The Morgan fingerprint density at radius 1 is 1.18 bits per heavy atom. The fourth-order valence-electron chi connectivity index (χ4n) is 4.90. The summed E-state index contributed by atoms with van der Waals surface area (Å²) in [6.07, 6.45) is 3.30. The van der Waals surface area contributed by atoms with Crippen LogP contribution < -0.4 is 14.9 Å². The van der Waals surface area contributed by atoms with Gasteiger partial charge in [-0.25, -0.2) is 14.2 Å². The molecule has 1 aromatic carbocycles. The second kappa shape index (κ2) is 10.7. The van der Waals surface area contributed by atoms with E-state index in [1.165, 1.54) is 34.8 Å². The number of halogens is 1. The van der Waals surface area contributed by atoms with E-state index in [1.807, 2.05) is 55.0 Å². The number of fused-ring (bicyclic) bond motifs is 1. The maximum Gasteiger partial charge on any atom is 0.338 e. The van der Waals surface area contributed by atoms with Crippen LogP contribution in [0.2, 0.25) is 0 Å². The third-order valence-electron chi connectivity index (χ3n) is 6.55. The van der Waals surface area contributed by atoms with Crippen LogP contribution in [0.3, 0.4) is 0 Å². The summed E-state index contributed by atoms with van der Waals surface area (Å²) in [6.45, 7) is 8.01. The van der Waals surface area contributed by atoms with Gasteiger partial charge in [0.05, 0.1) is 22.4 Å². The smallest absolute Gasteiger partial charge is 0.338 e. The predicted molar refractivity (Wildman–Crippen MR) is 149 cm³/mol. The number of benzene rings is 1. The van der Waals surface area contributed by atoms with Gasteiger partial charge >= 0.3 is 5.97 Å². The molecule has 0 N–H and O–H groups in total. The summed E-state index contributed by atoms with van der Waals surface area (Å²) in [5.41, 5.74) is 4.56. The SMILES string of the molecule is CCCC1=C(C(=O)OCC)C(c2cccs2)n2c(s/c(=C/c3cc(C)n(-c4ccc(F)cc4)c3C)c2=O)=N1. The summed E-state index contributed by atoms with van der Waals surface area (Å²) in [6, 6.07) is 11.6. The fraction of sp³-hybridized carbons (Fsp3) is 0.276. The molecule has 0 amide bonds. The van der Waals surface area contributed by atoms with Crippen molar-refractivity contribution >= 4 is 34.7 Å². The van der Waals surface area contributed by atoms with E-state index >= 15 is 0 Å². The van der Waals surface area contributed by atoms with E-state index in [9.17, 15) is 14.0 Å². The van der Waals surface area contributed by atoms with Gasteiger partial charge in [0.25, 0.3) is 5.56 Å². The molecule has 4 aromatic rings. The van der Waals surface area contributed by atoms with E-state index in [4.69, 9.17) is 9.73 Å². The van der Waals surface area contributed by atoms with Crippen LogP contribution in [-0.4, -0.2) is 21.7 Å². The molecule has 0 fully saturated rings. The first-order chi connectivity index (χ1) is 18.3. The summed E-state index contributed by atoms with van der Waals surface area (Å²) in [7, 11) is 0. The van der Waals surface area contributed by atoms with Crippen molar-refractivity contribution in [3.63, 3.8) is 0 Å². The van der Waals surface area contributed by atoms with Gasteiger partial charge in [0.1, 0.15) is 11.9 Å². The third-order valence-corrected chi connectivity index (χ3v) is 8.45. The monoisotopic (exact) mass is 549 g/mol. The molecule has 1 aliphatic rings. The van der Waals surface area contributed by atoms with E-state index in [2.05, 4.69) is 0 Å². The van der Waals surface area contributed by atoms with Gasteiger partial charge in [-0.05, 0) is 80.6 Å². The third kappa shape index (κ3) is 4.61. The van der Waals surface area contributed by atoms with Crippen LogP contribution in [0.1, 0.15) is 54.6 Å². The first-order valence-corrected chi connectivity index (χ1v) is 14.2. The number of hydrogen-bond acceptors (Lipinski definition) is 6. The Kier molecular flexibility index (Phi) is 7.32. The van der Waals surface area contributed by atoms with Gasteiger partial charge in [0, 0.05) is 22.0 Å². The Hall–Kier alpha value is -3.56. The quantitative estimate of drug-likeness (QED) is 0.298. The maximum atomic E-state index is 13.9.